The van der Waals surface area contributed by atoms with Crippen molar-refractivity contribution in [3.05, 3.63) is 77.0 Å². The topological polar surface area (TPSA) is 99.8 Å². The Kier molecular flexibility index (Phi) is 5.94. The number of anilines is 1. The van der Waals surface area contributed by atoms with Gasteiger partial charge in [0.15, 0.2) is 0 Å². The SMILES string of the molecule is CC#CCn1c(N2CCC[C@@H](N)C2)nc2cnn(Cc3nc4ccccc4n3-c3ccccc3)c(=O)c21. The first kappa shape index (κ1) is 23.0. The van der Waals surface area contributed by atoms with E-state index in [2.05, 4.69) is 26.4 Å². The smallest absolute Gasteiger partial charge is 0.293 e. The van der Waals surface area contributed by atoms with Gasteiger partial charge in [-0.3, -0.25) is 13.9 Å². The zero-order chi connectivity index (χ0) is 25.4. The molecule has 1 aliphatic rings. The molecule has 0 unspecified atom stereocenters. The number of aromatic nitrogens is 6. The molecule has 2 N–H and O–H groups in total. The monoisotopic (exact) mass is 492 g/mol. The molecule has 0 aliphatic carbocycles. The van der Waals surface area contributed by atoms with E-state index in [4.69, 9.17) is 15.7 Å². The van der Waals surface area contributed by atoms with Gasteiger partial charge in [0.25, 0.3) is 5.56 Å². The van der Waals surface area contributed by atoms with Crippen LogP contribution in [0.4, 0.5) is 5.95 Å². The van der Waals surface area contributed by atoms with Crippen LogP contribution in [-0.4, -0.2) is 48.0 Å². The largest absolute Gasteiger partial charge is 0.341 e. The summed E-state index contributed by atoms with van der Waals surface area (Å²) in [6.07, 6.45) is 3.64. The van der Waals surface area contributed by atoms with Gasteiger partial charge in [0.05, 0.1) is 23.8 Å². The number of hydrogen-bond donors (Lipinski definition) is 1. The van der Waals surface area contributed by atoms with Crippen LogP contribution in [0, 0.1) is 11.8 Å². The molecule has 1 aliphatic heterocycles. The van der Waals surface area contributed by atoms with Crippen molar-refractivity contribution in [2.75, 3.05) is 18.0 Å². The molecule has 1 atom stereocenters. The molecule has 6 rings (SSSR count). The number of imidazole rings is 2. The number of hydrogen-bond acceptors (Lipinski definition) is 6. The number of para-hydroxylation sites is 3. The second-order valence-electron chi connectivity index (χ2n) is 9.30. The number of nitrogens with zero attached hydrogens (tertiary/aromatic N) is 7. The summed E-state index contributed by atoms with van der Waals surface area (Å²) in [6.45, 7) is 3.93. The molecule has 0 amide bonds. The van der Waals surface area contributed by atoms with Gasteiger partial charge in [-0.05, 0) is 44.0 Å². The summed E-state index contributed by atoms with van der Waals surface area (Å²) in [7, 11) is 0. The summed E-state index contributed by atoms with van der Waals surface area (Å²) >= 11 is 0. The van der Waals surface area contributed by atoms with E-state index in [-0.39, 0.29) is 18.1 Å². The molecule has 0 bridgehead atoms. The van der Waals surface area contributed by atoms with Crippen molar-refractivity contribution in [1.29, 1.82) is 0 Å². The first-order chi connectivity index (χ1) is 18.1. The van der Waals surface area contributed by atoms with E-state index in [1.165, 1.54) is 4.68 Å². The maximum Gasteiger partial charge on any atom is 0.293 e. The summed E-state index contributed by atoms with van der Waals surface area (Å²) in [5, 5.41) is 4.50. The molecule has 186 valence electrons. The quantitative estimate of drug-likeness (QED) is 0.379. The van der Waals surface area contributed by atoms with Crippen molar-refractivity contribution in [1.82, 2.24) is 28.9 Å². The number of fused-ring (bicyclic) bond motifs is 2. The van der Waals surface area contributed by atoms with Gasteiger partial charge in [0.2, 0.25) is 5.95 Å². The van der Waals surface area contributed by atoms with Gasteiger partial charge in [-0.2, -0.15) is 5.10 Å². The third-order valence-electron chi connectivity index (χ3n) is 6.82. The molecule has 0 spiro atoms. The predicted molar refractivity (Wildman–Crippen MR) is 145 cm³/mol. The second kappa shape index (κ2) is 9.56. The Hall–Kier alpha value is -4.42. The van der Waals surface area contributed by atoms with Crippen LogP contribution in [0.1, 0.15) is 25.6 Å². The molecule has 4 heterocycles. The molecule has 9 nitrogen and oxygen atoms in total. The number of rotatable bonds is 5. The van der Waals surface area contributed by atoms with Gasteiger partial charge in [-0.25, -0.2) is 14.6 Å². The Labute approximate surface area is 214 Å². The Morgan fingerprint density at radius 3 is 2.68 bits per heavy atom. The molecule has 3 aromatic heterocycles. The average Bonchev–Trinajstić information content (AvgIpc) is 3.48. The summed E-state index contributed by atoms with van der Waals surface area (Å²) in [5.74, 6) is 7.50. The average molecular weight is 493 g/mol. The van der Waals surface area contributed by atoms with Crippen LogP contribution in [0.2, 0.25) is 0 Å². The van der Waals surface area contributed by atoms with E-state index in [1.54, 1.807) is 13.1 Å². The molecule has 1 fully saturated rings. The highest BCUT2D eigenvalue weighted by atomic mass is 16.1. The number of piperidine rings is 1. The van der Waals surface area contributed by atoms with Crippen molar-refractivity contribution in [2.45, 2.75) is 38.9 Å². The van der Waals surface area contributed by atoms with Crippen molar-refractivity contribution < 1.29 is 0 Å². The van der Waals surface area contributed by atoms with Gasteiger partial charge < -0.3 is 10.6 Å². The lowest BCUT2D eigenvalue weighted by molar-refractivity contribution is 0.496. The summed E-state index contributed by atoms with van der Waals surface area (Å²) < 4.78 is 5.45. The van der Waals surface area contributed by atoms with E-state index in [1.807, 2.05) is 59.2 Å². The fourth-order valence-corrected chi connectivity index (χ4v) is 5.11. The van der Waals surface area contributed by atoms with Crippen LogP contribution < -0.4 is 16.2 Å². The van der Waals surface area contributed by atoms with Gasteiger partial charge in [-0.15, -0.1) is 5.92 Å². The van der Waals surface area contributed by atoms with Crippen molar-refractivity contribution >= 4 is 28.0 Å². The highest BCUT2D eigenvalue weighted by molar-refractivity contribution is 5.79. The minimum atomic E-state index is -0.220. The highest BCUT2D eigenvalue weighted by Crippen LogP contribution is 2.24. The standard InChI is InChI=1S/C28H28N8O/c1-2-3-16-34-26-23(32-28(34)33-15-9-10-20(29)18-33)17-30-35(27(26)37)19-25-31-22-13-7-8-14-24(22)36(25)21-11-5-4-6-12-21/h4-8,11-14,17,20H,9-10,15-16,18-19,29H2,1H3/t20-/m1/s1. The number of benzene rings is 2. The molecule has 9 heteroatoms. The minimum Gasteiger partial charge on any atom is -0.341 e. The van der Waals surface area contributed by atoms with Crippen LogP contribution >= 0.6 is 0 Å². The lowest BCUT2D eigenvalue weighted by Crippen LogP contribution is -2.44. The fourth-order valence-electron chi connectivity index (χ4n) is 5.11. The molecule has 0 saturated carbocycles. The van der Waals surface area contributed by atoms with E-state index >= 15 is 0 Å². The van der Waals surface area contributed by atoms with Gasteiger partial charge in [-0.1, -0.05) is 36.3 Å². The van der Waals surface area contributed by atoms with Crippen molar-refractivity contribution in [2.24, 2.45) is 5.73 Å². The molecule has 0 radical (unpaired) electrons. The maximum atomic E-state index is 13.9. The van der Waals surface area contributed by atoms with Crippen LogP contribution in [0.3, 0.4) is 0 Å². The lowest BCUT2D eigenvalue weighted by atomic mass is 10.1. The van der Waals surface area contributed by atoms with Gasteiger partial charge in [0, 0.05) is 24.8 Å². The minimum absolute atomic E-state index is 0.0834. The van der Waals surface area contributed by atoms with E-state index in [0.29, 0.717) is 24.1 Å². The van der Waals surface area contributed by atoms with E-state index < -0.39 is 0 Å². The maximum absolute atomic E-state index is 13.9. The summed E-state index contributed by atoms with van der Waals surface area (Å²) in [6, 6.07) is 18.1. The molecule has 1 saturated heterocycles. The molecule has 5 aromatic rings. The highest BCUT2D eigenvalue weighted by Gasteiger charge is 2.24. The second-order valence-corrected chi connectivity index (χ2v) is 9.30. The van der Waals surface area contributed by atoms with Crippen molar-refractivity contribution in [3.63, 3.8) is 0 Å². The van der Waals surface area contributed by atoms with Gasteiger partial charge >= 0.3 is 0 Å². The molecule has 2 aromatic carbocycles. The predicted octanol–water partition coefficient (Wildman–Crippen LogP) is 2.93. The third-order valence-corrected chi connectivity index (χ3v) is 6.82. The van der Waals surface area contributed by atoms with Crippen LogP contribution in [-0.2, 0) is 13.1 Å². The molecule has 37 heavy (non-hydrogen) atoms. The van der Waals surface area contributed by atoms with E-state index in [0.717, 1.165) is 47.9 Å². The van der Waals surface area contributed by atoms with Crippen molar-refractivity contribution in [3.8, 4) is 17.5 Å². The zero-order valence-electron chi connectivity index (χ0n) is 20.7. The van der Waals surface area contributed by atoms with Crippen LogP contribution in [0.25, 0.3) is 27.8 Å². The first-order valence-corrected chi connectivity index (χ1v) is 12.5. The van der Waals surface area contributed by atoms with Crippen LogP contribution in [0.5, 0.6) is 0 Å². The Morgan fingerprint density at radius 1 is 1.05 bits per heavy atom. The summed E-state index contributed by atoms with van der Waals surface area (Å²) in [4.78, 5) is 25.7. The zero-order valence-corrected chi connectivity index (χ0v) is 20.7. The Bertz CT molecular complexity index is 1700. The Morgan fingerprint density at radius 2 is 1.86 bits per heavy atom. The van der Waals surface area contributed by atoms with E-state index in [9.17, 15) is 4.79 Å². The third kappa shape index (κ3) is 4.15. The summed E-state index contributed by atoms with van der Waals surface area (Å²) in [5.41, 5.74) is 9.90. The molecular formula is C28H28N8O. The fraction of sp³-hybridized carbons (Fsp3) is 0.286. The Balaban J connectivity index is 1.48. The van der Waals surface area contributed by atoms with Gasteiger partial charge in [0.1, 0.15) is 23.4 Å². The lowest BCUT2D eigenvalue weighted by Gasteiger charge is -2.31. The van der Waals surface area contributed by atoms with Crippen LogP contribution in [0.15, 0.2) is 65.6 Å². The first-order valence-electron chi connectivity index (χ1n) is 12.5. The normalized spacial score (nSPS) is 15.7. The molecular weight excluding hydrogens is 464 g/mol. The number of nitrogens with two attached hydrogens (primary N) is 1.